The average molecular weight is 347 g/mol. The first-order valence-corrected chi connectivity index (χ1v) is 8.11. The molecule has 26 heavy (non-hydrogen) atoms. The number of nitriles is 1. The Hall–Kier alpha value is -3.53. The Kier molecular flexibility index (Phi) is 3.73. The lowest BCUT2D eigenvalue weighted by atomic mass is 9.91. The molecule has 1 amide bonds. The number of nitrogens with one attached hydrogen (secondary N) is 1. The molecule has 1 N–H and O–H groups in total. The highest BCUT2D eigenvalue weighted by molar-refractivity contribution is 6.01. The molecule has 0 bridgehead atoms. The SMILES string of the molecule is N#Cc1ccccc1C1(C(=O)Nc2ccn(-c3ccnc(F)c3)n2)CC1. The third-order valence-electron chi connectivity index (χ3n) is 4.55. The number of halogens is 1. The van der Waals surface area contributed by atoms with E-state index in [1.807, 2.05) is 12.1 Å². The van der Waals surface area contributed by atoms with Crippen LogP contribution in [-0.4, -0.2) is 20.7 Å². The van der Waals surface area contributed by atoms with Crippen molar-refractivity contribution < 1.29 is 9.18 Å². The average Bonchev–Trinajstić information content (AvgIpc) is 3.35. The van der Waals surface area contributed by atoms with Crippen LogP contribution < -0.4 is 5.32 Å². The first kappa shape index (κ1) is 16.0. The summed E-state index contributed by atoms with van der Waals surface area (Å²) in [7, 11) is 0. The summed E-state index contributed by atoms with van der Waals surface area (Å²) in [5.74, 6) is -0.423. The maximum atomic E-state index is 13.2. The maximum absolute atomic E-state index is 13.2. The number of rotatable bonds is 4. The van der Waals surface area contributed by atoms with Gasteiger partial charge in [-0.25, -0.2) is 9.67 Å². The summed E-state index contributed by atoms with van der Waals surface area (Å²) in [6.45, 7) is 0. The van der Waals surface area contributed by atoms with E-state index < -0.39 is 11.4 Å². The fourth-order valence-electron chi connectivity index (χ4n) is 3.05. The van der Waals surface area contributed by atoms with Crippen molar-refractivity contribution in [2.45, 2.75) is 18.3 Å². The van der Waals surface area contributed by atoms with Crippen LogP contribution in [0, 0.1) is 17.3 Å². The second kappa shape index (κ2) is 6.08. The predicted octanol–water partition coefficient (Wildman–Crippen LogP) is 2.95. The lowest BCUT2D eigenvalue weighted by molar-refractivity contribution is -0.118. The number of hydrogen-bond donors (Lipinski definition) is 1. The molecule has 7 heteroatoms. The Morgan fingerprint density at radius 3 is 2.81 bits per heavy atom. The molecule has 2 aromatic heterocycles. The highest BCUT2D eigenvalue weighted by Gasteiger charge is 2.52. The molecule has 4 rings (SSSR count). The predicted molar refractivity (Wildman–Crippen MR) is 92.0 cm³/mol. The highest BCUT2D eigenvalue weighted by Crippen LogP contribution is 2.50. The van der Waals surface area contributed by atoms with E-state index in [1.165, 1.54) is 16.9 Å². The number of hydrogen-bond acceptors (Lipinski definition) is 4. The molecule has 0 spiro atoms. The summed E-state index contributed by atoms with van der Waals surface area (Å²) in [6.07, 6.45) is 4.36. The Morgan fingerprint density at radius 1 is 1.27 bits per heavy atom. The van der Waals surface area contributed by atoms with Crippen LogP contribution in [0.15, 0.2) is 54.9 Å². The number of carbonyl (C=O) groups excluding carboxylic acids is 1. The molecule has 3 aromatic rings. The van der Waals surface area contributed by atoms with Crippen LogP contribution in [0.25, 0.3) is 5.69 Å². The summed E-state index contributed by atoms with van der Waals surface area (Å²) in [5.41, 5.74) is 1.08. The van der Waals surface area contributed by atoms with E-state index in [9.17, 15) is 14.4 Å². The van der Waals surface area contributed by atoms with E-state index in [0.29, 0.717) is 29.9 Å². The zero-order chi connectivity index (χ0) is 18.1. The van der Waals surface area contributed by atoms with Gasteiger partial charge in [-0.3, -0.25) is 4.79 Å². The van der Waals surface area contributed by atoms with Gasteiger partial charge in [0.25, 0.3) is 0 Å². The van der Waals surface area contributed by atoms with Crippen molar-refractivity contribution >= 4 is 11.7 Å². The van der Waals surface area contributed by atoms with Gasteiger partial charge in [-0.2, -0.15) is 14.8 Å². The molecule has 0 atom stereocenters. The first-order chi connectivity index (χ1) is 12.6. The second-order valence-corrected chi connectivity index (χ2v) is 6.18. The van der Waals surface area contributed by atoms with Crippen molar-refractivity contribution in [3.63, 3.8) is 0 Å². The molecule has 0 aliphatic heterocycles. The van der Waals surface area contributed by atoms with Crippen LogP contribution in [0.2, 0.25) is 0 Å². The standard InChI is InChI=1S/C19H14FN5O/c20-16-11-14(5-9-22-16)25-10-6-17(24-25)23-18(26)19(7-8-19)15-4-2-1-3-13(15)12-21/h1-6,9-11H,7-8H2,(H,23,24,26). The Morgan fingerprint density at radius 2 is 2.08 bits per heavy atom. The van der Waals surface area contributed by atoms with Crippen molar-refractivity contribution in [2.24, 2.45) is 0 Å². The van der Waals surface area contributed by atoms with E-state index in [-0.39, 0.29) is 5.91 Å². The van der Waals surface area contributed by atoms with Crippen molar-refractivity contribution in [1.82, 2.24) is 14.8 Å². The lowest BCUT2D eigenvalue weighted by Crippen LogP contribution is -2.28. The van der Waals surface area contributed by atoms with E-state index >= 15 is 0 Å². The fraction of sp³-hybridized carbons (Fsp3) is 0.158. The quantitative estimate of drug-likeness (QED) is 0.736. The van der Waals surface area contributed by atoms with E-state index in [1.54, 1.807) is 30.5 Å². The van der Waals surface area contributed by atoms with Gasteiger partial charge in [0.2, 0.25) is 11.9 Å². The molecule has 0 radical (unpaired) electrons. The molecule has 6 nitrogen and oxygen atoms in total. The van der Waals surface area contributed by atoms with Gasteiger partial charge in [0, 0.05) is 24.5 Å². The maximum Gasteiger partial charge on any atom is 0.236 e. The van der Waals surface area contributed by atoms with Gasteiger partial charge in [-0.1, -0.05) is 18.2 Å². The van der Waals surface area contributed by atoms with Crippen molar-refractivity contribution in [2.75, 3.05) is 5.32 Å². The number of amides is 1. The summed E-state index contributed by atoms with van der Waals surface area (Å²) in [4.78, 5) is 16.3. The molecule has 2 heterocycles. The van der Waals surface area contributed by atoms with Crippen LogP contribution in [0.1, 0.15) is 24.0 Å². The Labute approximate surface area is 148 Å². The van der Waals surface area contributed by atoms with Crippen LogP contribution in [0.5, 0.6) is 0 Å². The smallest absolute Gasteiger partial charge is 0.236 e. The van der Waals surface area contributed by atoms with Gasteiger partial charge in [0.1, 0.15) is 0 Å². The van der Waals surface area contributed by atoms with E-state index in [2.05, 4.69) is 21.5 Å². The molecule has 0 saturated heterocycles. The van der Waals surface area contributed by atoms with Gasteiger partial charge in [0.05, 0.1) is 22.7 Å². The van der Waals surface area contributed by atoms with Crippen LogP contribution in [0.4, 0.5) is 10.2 Å². The topological polar surface area (TPSA) is 83.6 Å². The largest absolute Gasteiger partial charge is 0.308 e. The van der Waals surface area contributed by atoms with Crippen LogP contribution in [0.3, 0.4) is 0 Å². The second-order valence-electron chi connectivity index (χ2n) is 6.18. The minimum atomic E-state index is -0.682. The van der Waals surface area contributed by atoms with Crippen molar-refractivity contribution in [3.05, 3.63) is 71.9 Å². The van der Waals surface area contributed by atoms with Gasteiger partial charge in [0.15, 0.2) is 5.82 Å². The first-order valence-electron chi connectivity index (χ1n) is 8.11. The molecular weight excluding hydrogens is 333 g/mol. The summed E-state index contributed by atoms with van der Waals surface area (Å²) >= 11 is 0. The Bertz CT molecular complexity index is 1030. The molecule has 128 valence electrons. The molecule has 1 saturated carbocycles. The van der Waals surface area contributed by atoms with Gasteiger partial charge in [-0.15, -0.1) is 0 Å². The van der Waals surface area contributed by atoms with Crippen LogP contribution >= 0.6 is 0 Å². The third kappa shape index (κ3) is 2.71. The summed E-state index contributed by atoms with van der Waals surface area (Å²) < 4.78 is 14.7. The molecule has 1 aliphatic carbocycles. The monoisotopic (exact) mass is 347 g/mol. The highest BCUT2D eigenvalue weighted by atomic mass is 19.1. The minimum Gasteiger partial charge on any atom is -0.308 e. The van der Waals surface area contributed by atoms with Crippen molar-refractivity contribution in [3.8, 4) is 11.8 Å². The number of carbonyl (C=O) groups is 1. The molecule has 1 aromatic carbocycles. The zero-order valence-corrected chi connectivity index (χ0v) is 13.7. The zero-order valence-electron chi connectivity index (χ0n) is 13.7. The summed E-state index contributed by atoms with van der Waals surface area (Å²) in [6, 6.07) is 13.8. The number of anilines is 1. The van der Waals surface area contributed by atoms with Gasteiger partial charge in [-0.05, 0) is 30.5 Å². The number of nitrogens with zero attached hydrogens (tertiary/aromatic N) is 4. The third-order valence-corrected chi connectivity index (χ3v) is 4.55. The van der Waals surface area contributed by atoms with Gasteiger partial charge >= 0.3 is 0 Å². The number of benzene rings is 1. The minimum absolute atomic E-state index is 0.189. The van der Waals surface area contributed by atoms with E-state index in [4.69, 9.17) is 0 Å². The van der Waals surface area contributed by atoms with E-state index in [0.717, 1.165) is 5.56 Å². The number of aromatic nitrogens is 3. The number of pyridine rings is 1. The lowest BCUT2D eigenvalue weighted by Gasteiger charge is -2.16. The Balaban J connectivity index is 1.57. The molecule has 1 fully saturated rings. The molecule has 0 unspecified atom stereocenters. The van der Waals surface area contributed by atoms with Gasteiger partial charge < -0.3 is 5.32 Å². The normalized spacial score (nSPS) is 14.5. The fourth-order valence-corrected chi connectivity index (χ4v) is 3.05. The summed E-state index contributed by atoms with van der Waals surface area (Å²) in [5, 5.41) is 16.4. The van der Waals surface area contributed by atoms with Crippen molar-refractivity contribution in [1.29, 1.82) is 5.26 Å². The van der Waals surface area contributed by atoms with Crippen LogP contribution in [-0.2, 0) is 10.2 Å². The molecular formula is C19H14FN5O. The molecule has 1 aliphatic rings.